The molecule has 0 fully saturated rings. The van der Waals surface area contributed by atoms with Crippen molar-refractivity contribution in [1.82, 2.24) is 0 Å². The van der Waals surface area contributed by atoms with E-state index in [0.29, 0.717) is 0 Å². The van der Waals surface area contributed by atoms with E-state index in [9.17, 15) is 0 Å². The molecule has 1 aromatic heterocycles. The van der Waals surface area contributed by atoms with Gasteiger partial charge in [-0.05, 0) is 106 Å². The summed E-state index contributed by atoms with van der Waals surface area (Å²) in [6.07, 6.45) is 0. The summed E-state index contributed by atoms with van der Waals surface area (Å²) in [5, 5.41) is 12.9. The molecule has 0 atom stereocenters. The van der Waals surface area contributed by atoms with Crippen LogP contribution in [-0.4, -0.2) is 0 Å². The van der Waals surface area contributed by atoms with Crippen molar-refractivity contribution in [3.63, 3.8) is 0 Å². The largest absolute Gasteiger partial charge is 0.135 e. The first-order chi connectivity index (χ1) is 26.3. The molecule has 0 saturated carbocycles. The average molecular weight is 689 g/mol. The second-order valence-corrected chi connectivity index (χ2v) is 15.1. The summed E-state index contributed by atoms with van der Waals surface area (Å²) < 4.78 is 2.66. The van der Waals surface area contributed by atoms with Gasteiger partial charge in [0.05, 0.1) is 0 Å². The smallest absolute Gasteiger partial charge is 0.0362 e. The van der Waals surface area contributed by atoms with Gasteiger partial charge in [-0.25, -0.2) is 0 Å². The van der Waals surface area contributed by atoms with Crippen LogP contribution < -0.4 is 0 Å². The van der Waals surface area contributed by atoms with Gasteiger partial charge in [-0.3, -0.25) is 0 Å². The Hall–Kier alpha value is -6.54. The number of hydrogen-bond acceptors (Lipinski definition) is 1. The zero-order valence-corrected chi connectivity index (χ0v) is 29.7. The van der Waals surface area contributed by atoms with Gasteiger partial charge in [0.25, 0.3) is 0 Å². The molecule has 0 aliphatic carbocycles. The number of benzene rings is 10. The van der Waals surface area contributed by atoms with Gasteiger partial charge in [-0.2, -0.15) is 0 Å². The van der Waals surface area contributed by atoms with Gasteiger partial charge < -0.3 is 0 Å². The van der Waals surface area contributed by atoms with Crippen LogP contribution >= 0.6 is 11.3 Å². The van der Waals surface area contributed by atoms with Crippen LogP contribution in [0.3, 0.4) is 0 Å². The van der Waals surface area contributed by atoms with Crippen LogP contribution in [0.25, 0.3) is 108 Å². The van der Waals surface area contributed by atoms with Crippen molar-refractivity contribution in [2.75, 3.05) is 0 Å². The molecule has 0 radical (unpaired) electrons. The van der Waals surface area contributed by atoms with E-state index < -0.39 is 0 Å². The summed E-state index contributed by atoms with van der Waals surface area (Å²) in [5.74, 6) is 0. The molecule has 0 nitrogen and oxygen atoms in total. The summed E-state index contributed by atoms with van der Waals surface area (Å²) in [6, 6.07) is 71.7. The van der Waals surface area contributed by atoms with Crippen molar-refractivity contribution in [2.45, 2.75) is 0 Å². The molecule has 0 aliphatic heterocycles. The van der Waals surface area contributed by atoms with Crippen LogP contribution in [0, 0.1) is 0 Å². The van der Waals surface area contributed by atoms with Gasteiger partial charge in [0.15, 0.2) is 0 Å². The van der Waals surface area contributed by atoms with Crippen molar-refractivity contribution in [3.8, 4) is 44.5 Å². The van der Waals surface area contributed by atoms with E-state index >= 15 is 0 Å². The normalized spacial score (nSPS) is 11.8. The fourth-order valence-corrected chi connectivity index (χ4v) is 9.86. The Bertz CT molecular complexity index is 3150. The van der Waals surface area contributed by atoms with E-state index in [0.717, 1.165) is 0 Å². The van der Waals surface area contributed by atoms with E-state index in [1.807, 2.05) is 11.3 Å². The molecule has 0 saturated heterocycles. The Morgan fingerprint density at radius 2 is 0.755 bits per heavy atom. The van der Waals surface area contributed by atoms with Crippen LogP contribution in [-0.2, 0) is 0 Å². The molecule has 11 rings (SSSR count). The van der Waals surface area contributed by atoms with Crippen LogP contribution in [0.5, 0.6) is 0 Å². The summed E-state index contributed by atoms with van der Waals surface area (Å²) in [6.45, 7) is 0. The molecule has 0 aliphatic rings. The topological polar surface area (TPSA) is 0 Å². The molecule has 1 heterocycles. The highest BCUT2D eigenvalue weighted by Gasteiger charge is 2.20. The fourth-order valence-electron chi connectivity index (χ4n) is 8.70. The van der Waals surface area contributed by atoms with Gasteiger partial charge in [-0.15, -0.1) is 11.3 Å². The number of thiophene rings is 1. The molecule has 0 N–H and O–H groups in total. The standard InChI is InChI=1S/C52H32S/c1-2-15-37-32-49-47(31-36(37)14-1)52-46(25-12-26-48(52)53-49)51-44-22-9-7-20-42(44)50(43-21-8-10-23-45(43)51)35-29-27-34(28-30-35)39-18-5-6-19-40(39)41-24-11-16-33-13-3-4-17-38(33)41/h1-32H. The Morgan fingerprint density at radius 3 is 1.47 bits per heavy atom. The third-order valence-electron chi connectivity index (χ3n) is 11.1. The highest BCUT2D eigenvalue weighted by Crippen LogP contribution is 2.48. The second kappa shape index (κ2) is 12.0. The molecule has 53 heavy (non-hydrogen) atoms. The van der Waals surface area contributed by atoms with Crippen molar-refractivity contribution in [1.29, 1.82) is 0 Å². The molecule has 0 bridgehead atoms. The number of rotatable bonds is 4. The van der Waals surface area contributed by atoms with Crippen LogP contribution in [0.4, 0.5) is 0 Å². The lowest BCUT2D eigenvalue weighted by Gasteiger charge is -2.19. The average Bonchev–Trinajstić information content (AvgIpc) is 3.59. The molecule has 11 aromatic rings. The highest BCUT2D eigenvalue weighted by atomic mass is 32.1. The Kier molecular flexibility index (Phi) is 6.83. The van der Waals surface area contributed by atoms with E-state index in [4.69, 9.17) is 0 Å². The van der Waals surface area contributed by atoms with E-state index in [-0.39, 0.29) is 0 Å². The van der Waals surface area contributed by atoms with Gasteiger partial charge in [-0.1, -0.05) is 176 Å². The summed E-state index contributed by atoms with van der Waals surface area (Å²) in [7, 11) is 0. The third-order valence-corrected chi connectivity index (χ3v) is 12.2. The maximum Gasteiger partial charge on any atom is 0.0362 e. The Labute approximate surface area is 311 Å². The van der Waals surface area contributed by atoms with Gasteiger partial charge in [0.1, 0.15) is 0 Å². The molecular weight excluding hydrogens is 657 g/mol. The molecule has 10 aromatic carbocycles. The first-order valence-corrected chi connectivity index (χ1v) is 19.1. The minimum atomic E-state index is 1.21. The maximum atomic E-state index is 2.39. The second-order valence-electron chi connectivity index (χ2n) is 14.0. The minimum Gasteiger partial charge on any atom is -0.135 e. The van der Waals surface area contributed by atoms with E-state index in [1.54, 1.807) is 0 Å². The first kappa shape index (κ1) is 30.1. The van der Waals surface area contributed by atoms with E-state index in [2.05, 4.69) is 194 Å². The lowest BCUT2D eigenvalue weighted by atomic mass is 9.84. The van der Waals surface area contributed by atoms with Crippen molar-refractivity contribution < 1.29 is 0 Å². The Balaban J connectivity index is 1.11. The zero-order valence-electron chi connectivity index (χ0n) is 28.9. The van der Waals surface area contributed by atoms with Crippen molar-refractivity contribution >= 4 is 74.6 Å². The zero-order chi connectivity index (χ0) is 34.9. The minimum absolute atomic E-state index is 1.21. The van der Waals surface area contributed by atoms with Gasteiger partial charge in [0.2, 0.25) is 0 Å². The predicted molar refractivity (Wildman–Crippen MR) is 231 cm³/mol. The monoisotopic (exact) mass is 688 g/mol. The number of hydrogen-bond donors (Lipinski definition) is 0. The van der Waals surface area contributed by atoms with Crippen molar-refractivity contribution in [2.24, 2.45) is 0 Å². The molecule has 1 heteroatoms. The fraction of sp³-hybridized carbons (Fsp3) is 0. The maximum absolute atomic E-state index is 2.39. The predicted octanol–water partition coefficient (Wildman–Crippen LogP) is 15.3. The molecule has 0 amide bonds. The molecular formula is C52H32S. The van der Waals surface area contributed by atoms with Crippen LogP contribution in [0.15, 0.2) is 194 Å². The number of fused-ring (bicyclic) bond motifs is 7. The van der Waals surface area contributed by atoms with Crippen LogP contribution in [0.2, 0.25) is 0 Å². The Morgan fingerprint density at radius 1 is 0.264 bits per heavy atom. The third kappa shape index (κ3) is 4.75. The van der Waals surface area contributed by atoms with Crippen LogP contribution in [0.1, 0.15) is 0 Å². The van der Waals surface area contributed by atoms with Gasteiger partial charge in [0, 0.05) is 20.2 Å². The molecule has 246 valence electrons. The summed E-state index contributed by atoms with van der Waals surface area (Å²) in [5.41, 5.74) is 10.1. The van der Waals surface area contributed by atoms with E-state index in [1.165, 1.54) is 108 Å². The first-order valence-electron chi connectivity index (χ1n) is 18.3. The lowest BCUT2D eigenvalue weighted by molar-refractivity contribution is 1.59. The lowest BCUT2D eigenvalue weighted by Crippen LogP contribution is -1.91. The molecule has 0 spiro atoms. The summed E-state index contributed by atoms with van der Waals surface area (Å²) in [4.78, 5) is 0. The van der Waals surface area contributed by atoms with Crippen molar-refractivity contribution in [3.05, 3.63) is 194 Å². The highest BCUT2D eigenvalue weighted by molar-refractivity contribution is 7.26. The summed E-state index contributed by atoms with van der Waals surface area (Å²) >= 11 is 1.90. The molecule has 0 unspecified atom stereocenters. The van der Waals surface area contributed by atoms with Gasteiger partial charge >= 0.3 is 0 Å². The SMILES string of the molecule is c1ccc(-c2cccc3ccccc23)c(-c2ccc(-c3c4ccccc4c(-c4cccc5sc6cc7ccccc7cc6c45)c4ccccc34)cc2)c1. The quantitative estimate of drug-likeness (QED) is 0.162.